The fourth-order valence-electron chi connectivity index (χ4n) is 4.30. The smallest absolute Gasteiger partial charge is 0.258 e. The number of anilines is 1. The maximum absolute atomic E-state index is 14.9. The summed E-state index contributed by atoms with van der Waals surface area (Å²) in [6, 6.07) is 5.52. The predicted octanol–water partition coefficient (Wildman–Crippen LogP) is 2.32. The van der Waals surface area contributed by atoms with E-state index in [0.29, 0.717) is 26.0 Å². The van der Waals surface area contributed by atoms with E-state index in [1.807, 2.05) is 23.1 Å². The molecule has 25 heavy (non-hydrogen) atoms. The topological polar surface area (TPSA) is 45.7 Å². The number of amides is 1. The van der Waals surface area contributed by atoms with E-state index in [2.05, 4.69) is 4.98 Å². The molecule has 0 saturated carbocycles. The highest BCUT2D eigenvalue weighted by Crippen LogP contribution is 2.50. The fourth-order valence-corrected chi connectivity index (χ4v) is 4.30. The van der Waals surface area contributed by atoms with Gasteiger partial charge in [0.05, 0.1) is 5.41 Å². The van der Waals surface area contributed by atoms with Gasteiger partial charge in [-0.3, -0.25) is 4.79 Å². The van der Waals surface area contributed by atoms with Gasteiger partial charge in [0.2, 0.25) is 0 Å². The normalized spacial score (nSPS) is 31.7. The lowest BCUT2D eigenvalue weighted by Gasteiger charge is -2.46. The molecule has 0 aliphatic carbocycles. The van der Waals surface area contributed by atoms with E-state index in [1.165, 1.54) is 0 Å². The number of alkyl halides is 2. The zero-order valence-electron chi connectivity index (χ0n) is 14.2. The molecule has 0 radical (unpaired) electrons. The van der Waals surface area contributed by atoms with Gasteiger partial charge < -0.3 is 14.5 Å². The molecule has 1 aromatic rings. The minimum Gasteiger partial charge on any atom is -0.368 e. The maximum Gasteiger partial charge on any atom is 0.258 e. The Morgan fingerprint density at radius 2 is 2.12 bits per heavy atom. The van der Waals surface area contributed by atoms with Crippen LogP contribution in [0.15, 0.2) is 24.4 Å². The summed E-state index contributed by atoms with van der Waals surface area (Å²) in [6.45, 7) is 1.55. The lowest BCUT2D eigenvalue weighted by atomic mass is 9.75. The first kappa shape index (κ1) is 16.7. The number of hydrogen-bond acceptors (Lipinski definition) is 4. The van der Waals surface area contributed by atoms with Gasteiger partial charge >= 0.3 is 0 Å². The zero-order chi connectivity index (χ0) is 17.5. The van der Waals surface area contributed by atoms with E-state index in [4.69, 9.17) is 4.74 Å². The molecule has 1 amide bonds. The van der Waals surface area contributed by atoms with Gasteiger partial charge in [0, 0.05) is 45.4 Å². The Morgan fingerprint density at radius 1 is 1.24 bits per heavy atom. The zero-order valence-corrected chi connectivity index (χ0v) is 14.2. The quantitative estimate of drug-likeness (QED) is 0.820. The highest BCUT2D eigenvalue weighted by molar-refractivity contribution is 5.81. The third-order valence-corrected chi connectivity index (χ3v) is 5.81. The Bertz CT molecular complexity index is 636. The molecule has 0 N–H and O–H groups in total. The summed E-state index contributed by atoms with van der Waals surface area (Å²) >= 11 is 0. The molecule has 5 nitrogen and oxygen atoms in total. The summed E-state index contributed by atoms with van der Waals surface area (Å²) in [7, 11) is 0. The van der Waals surface area contributed by atoms with E-state index in [1.54, 1.807) is 11.1 Å². The molecule has 1 aromatic heterocycles. The third kappa shape index (κ3) is 2.88. The summed E-state index contributed by atoms with van der Waals surface area (Å²) < 4.78 is 35.2. The van der Waals surface area contributed by atoms with Gasteiger partial charge in [0.15, 0.2) is 0 Å². The van der Waals surface area contributed by atoms with Crippen LogP contribution in [0.2, 0.25) is 0 Å². The summed E-state index contributed by atoms with van der Waals surface area (Å²) in [6.07, 6.45) is 2.87. The number of ether oxygens (including phenoxy) is 1. The second-order valence-electron chi connectivity index (χ2n) is 7.36. The summed E-state index contributed by atoms with van der Waals surface area (Å²) in [5, 5.41) is 0. The fraction of sp³-hybridized carbons (Fsp3) is 0.667. The molecular formula is C18H23F2N3O2. The van der Waals surface area contributed by atoms with Crippen LogP contribution in [0.25, 0.3) is 0 Å². The first-order valence-electron chi connectivity index (χ1n) is 8.95. The van der Waals surface area contributed by atoms with Crippen LogP contribution in [0.5, 0.6) is 0 Å². The van der Waals surface area contributed by atoms with Gasteiger partial charge in [-0.05, 0) is 31.4 Å². The van der Waals surface area contributed by atoms with E-state index >= 15 is 0 Å². The Balaban J connectivity index is 1.53. The van der Waals surface area contributed by atoms with Crippen LogP contribution in [-0.2, 0) is 9.53 Å². The number of nitrogens with zero attached hydrogens (tertiary/aromatic N) is 3. The lowest BCUT2D eigenvalue weighted by molar-refractivity contribution is -0.173. The van der Waals surface area contributed by atoms with Crippen molar-refractivity contribution >= 4 is 11.7 Å². The number of rotatable bonds is 2. The number of hydrogen-bond donors (Lipinski definition) is 0. The summed E-state index contributed by atoms with van der Waals surface area (Å²) in [5.74, 6) is -2.18. The van der Waals surface area contributed by atoms with Gasteiger partial charge in [0.25, 0.3) is 11.8 Å². The van der Waals surface area contributed by atoms with E-state index in [-0.39, 0.29) is 32.0 Å². The van der Waals surface area contributed by atoms with Crippen LogP contribution in [-0.4, -0.2) is 60.6 Å². The minimum absolute atomic E-state index is 0.0992. The van der Waals surface area contributed by atoms with E-state index in [0.717, 1.165) is 12.2 Å². The number of pyridine rings is 1. The highest BCUT2D eigenvalue weighted by atomic mass is 19.3. The molecule has 7 heteroatoms. The summed E-state index contributed by atoms with van der Waals surface area (Å²) in [5.41, 5.74) is -1.20. The van der Waals surface area contributed by atoms with Crippen molar-refractivity contribution in [1.82, 2.24) is 9.88 Å². The molecule has 3 saturated heterocycles. The van der Waals surface area contributed by atoms with Crippen LogP contribution in [0.4, 0.5) is 14.6 Å². The number of aromatic nitrogens is 1. The van der Waals surface area contributed by atoms with E-state index in [9.17, 15) is 13.6 Å². The first-order chi connectivity index (χ1) is 12.0. The SMILES string of the molecule is O=C([C@H]1CCCO1)N1CCC(F)(F)C2(CCN(c3ccccn3)C2)C1. The molecule has 0 bridgehead atoms. The number of carbonyl (C=O) groups excluding carboxylic acids is 1. The van der Waals surface area contributed by atoms with Crippen LogP contribution in [0.1, 0.15) is 25.7 Å². The second-order valence-corrected chi connectivity index (χ2v) is 7.36. The third-order valence-electron chi connectivity index (χ3n) is 5.81. The van der Waals surface area contributed by atoms with Crippen LogP contribution in [0.3, 0.4) is 0 Å². The van der Waals surface area contributed by atoms with Gasteiger partial charge in [-0.1, -0.05) is 6.07 Å². The van der Waals surface area contributed by atoms with Gasteiger partial charge in [0.1, 0.15) is 11.9 Å². The predicted molar refractivity (Wildman–Crippen MR) is 88.6 cm³/mol. The van der Waals surface area contributed by atoms with Crippen LogP contribution < -0.4 is 4.90 Å². The Hall–Kier alpha value is -1.76. The molecule has 2 atom stereocenters. The van der Waals surface area contributed by atoms with Crippen molar-refractivity contribution in [2.45, 2.75) is 37.7 Å². The Kier molecular flexibility index (Phi) is 4.14. The molecule has 1 spiro atoms. The Labute approximate surface area is 146 Å². The van der Waals surface area contributed by atoms with Crippen molar-refractivity contribution in [3.8, 4) is 0 Å². The number of carbonyl (C=O) groups is 1. The van der Waals surface area contributed by atoms with Crippen molar-refractivity contribution in [3.05, 3.63) is 24.4 Å². The first-order valence-corrected chi connectivity index (χ1v) is 8.95. The van der Waals surface area contributed by atoms with Crippen LogP contribution >= 0.6 is 0 Å². The molecule has 136 valence electrons. The van der Waals surface area contributed by atoms with E-state index < -0.39 is 17.4 Å². The van der Waals surface area contributed by atoms with Crippen molar-refractivity contribution in [2.75, 3.05) is 37.7 Å². The minimum atomic E-state index is -2.77. The molecule has 3 fully saturated rings. The summed E-state index contributed by atoms with van der Waals surface area (Å²) in [4.78, 5) is 20.4. The molecule has 0 aromatic carbocycles. The Morgan fingerprint density at radius 3 is 2.84 bits per heavy atom. The molecule has 1 unspecified atom stereocenters. The monoisotopic (exact) mass is 351 g/mol. The lowest BCUT2D eigenvalue weighted by Crippen LogP contribution is -2.59. The standard InChI is InChI=1S/C18H23F2N3O2/c19-18(20)7-10-23(16(24)14-4-3-11-25-14)13-17(18)6-9-22(12-17)15-5-1-2-8-21-15/h1-2,5,8,14H,3-4,6-7,9-13H2/t14-,17?/m1/s1. The van der Waals surface area contributed by atoms with Crippen molar-refractivity contribution < 1.29 is 18.3 Å². The molecule has 4 heterocycles. The largest absolute Gasteiger partial charge is 0.368 e. The molecule has 3 aliphatic rings. The maximum atomic E-state index is 14.9. The number of halogens is 2. The van der Waals surface area contributed by atoms with Gasteiger partial charge in [-0.2, -0.15) is 0 Å². The van der Waals surface area contributed by atoms with Gasteiger partial charge in [-0.15, -0.1) is 0 Å². The highest BCUT2D eigenvalue weighted by Gasteiger charge is 2.60. The van der Waals surface area contributed by atoms with Crippen LogP contribution in [0, 0.1) is 5.41 Å². The number of piperidine rings is 1. The average Bonchev–Trinajstić information content (AvgIpc) is 3.29. The second kappa shape index (κ2) is 6.20. The molecule has 3 aliphatic heterocycles. The van der Waals surface area contributed by atoms with Gasteiger partial charge in [-0.25, -0.2) is 13.8 Å². The average molecular weight is 351 g/mol. The van der Waals surface area contributed by atoms with Crippen molar-refractivity contribution in [3.63, 3.8) is 0 Å². The van der Waals surface area contributed by atoms with Crippen molar-refractivity contribution in [1.29, 1.82) is 0 Å². The molecule has 4 rings (SSSR count). The van der Waals surface area contributed by atoms with Crippen molar-refractivity contribution in [2.24, 2.45) is 5.41 Å². The molecular weight excluding hydrogens is 328 g/mol. The number of likely N-dealkylation sites (tertiary alicyclic amines) is 1.